The number of carboxylic acid groups (broad SMARTS) is 3. The zero-order valence-electron chi connectivity index (χ0n) is 24.8. The number of carbonyl (C=O) groups is 5. The second-order valence-corrected chi connectivity index (χ2v) is 11.1. The maximum absolute atomic E-state index is 12.3. The Morgan fingerprint density at radius 2 is 0.975 bits per heavy atom. The highest BCUT2D eigenvalue weighted by Gasteiger charge is 2.24. The molecule has 0 heterocycles. The fourth-order valence-electron chi connectivity index (χ4n) is 4.88. The molecule has 0 saturated carbocycles. The predicted molar refractivity (Wildman–Crippen MR) is 155 cm³/mol. The van der Waals surface area contributed by atoms with E-state index < -0.39 is 35.8 Å². The molecule has 0 saturated heterocycles. The van der Waals surface area contributed by atoms with Gasteiger partial charge in [-0.15, -0.1) is 0 Å². The van der Waals surface area contributed by atoms with Gasteiger partial charge in [-0.2, -0.15) is 0 Å². The van der Waals surface area contributed by atoms with Gasteiger partial charge in [-0.3, -0.25) is 19.2 Å². The second kappa shape index (κ2) is 25.5. The van der Waals surface area contributed by atoms with Crippen LogP contribution in [0.1, 0.15) is 155 Å². The summed E-state index contributed by atoms with van der Waals surface area (Å²) < 4.78 is 0. The van der Waals surface area contributed by atoms with Gasteiger partial charge in [0.2, 0.25) is 5.91 Å². The molecule has 0 fully saturated rings. The first-order chi connectivity index (χ1) is 19.2. The minimum Gasteiger partial charge on any atom is -0.481 e. The Morgan fingerprint density at radius 3 is 1.35 bits per heavy atom. The first-order valence-electron chi connectivity index (χ1n) is 15.7. The molecule has 0 bridgehead atoms. The number of carbonyl (C=O) groups excluding carboxylic acids is 2. The fraction of sp³-hybridized carbons (Fsp3) is 0.839. The quantitative estimate of drug-likeness (QED) is 0.0708. The molecule has 0 unspecified atom stereocenters. The molecule has 0 spiro atoms. The van der Waals surface area contributed by atoms with E-state index in [-0.39, 0.29) is 25.0 Å². The van der Waals surface area contributed by atoms with Crippen LogP contribution in [-0.4, -0.2) is 51.0 Å². The van der Waals surface area contributed by atoms with Crippen LogP contribution < -0.4 is 5.32 Å². The van der Waals surface area contributed by atoms with Crippen molar-refractivity contribution in [3.63, 3.8) is 0 Å². The lowest BCUT2D eigenvalue weighted by atomic mass is 9.94. The van der Waals surface area contributed by atoms with Gasteiger partial charge in [-0.25, -0.2) is 4.79 Å². The molecule has 4 N–H and O–H groups in total. The molecule has 0 rings (SSSR count). The Morgan fingerprint density at radius 1 is 0.550 bits per heavy atom. The molecule has 0 radical (unpaired) electrons. The number of unbranched alkanes of at least 4 members (excludes halogenated alkanes) is 15. The lowest BCUT2D eigenvalue weighted by Gasteiger charge is -2.15. The molecule has 2 atom stereocenters. The number of carboxylic acids is 3. The Kier molecular flexibility index (Phi) is 24.0. The predicted octanol–water partition coefficient (Wildman–Crippen LogP) is 6.90. The minimum absolute atomic E-state index is 0.0154. The molecule has 0 aromatic rings. The summed E-state index contributed by atoms with van der Waals surface area (Å²) in [6.07, 6.45) is 19.5. The Hall–Kier alpha value is -2.45. The number of aliphatic carboxylic acids is 3. The number of hydrogen-bond donors (Lipinski definition) is 4. The summed E-state index contributed by atoms with van der Waals surface area (Å²) in [4.78, 5) is 57.5. The molecular formula is C31H55NO8. The van der Waals surface area contributed by atoms with E-state index in [0.29, 0.717) is 25.7 Å². The zero-order chi connectivity index (χ0) is 30.0. The van der Waals surface area contributed by atoms with Gasteiger partial charge in [0.25, 0.3) is 0 Å². The summed E-state index contributed by atoms with van der Waals surface area (Å²) in [5.41, 5.74) is 0. The molecule has 0 aliphatic rings. The number of ketones is 1. The third kappa shape index (κ3) is 23.4. The van der Waals surface area contributed by atoms with E-state index in [9.17, 15) is 29.1 Å². The number of Topliss-reactive ketones (excluding diaryl/α,β-unsaturated/α-hetero) is 1. The SMILES string of the molecule is CCC[C@H](NC(=O)CC[C@H](CC(=O)CCCCCCCCCCCCCCCCCCC(=O)O)C(=O)O)C(=O)O. The average molecular weight is 570 g/mol. The third-order valence-electron chi connectivity index (χ3n) is 7.35. The van der Waals surface area contributed by atoms with Gasteiger partial charge >= 0.3 is 17.9 Å². The van der Waals surface area contributed by atoms with Gasteiger partial charge in [0.1, 0.15) is 11.8 Å². The van der Waals surface area contributed by atoms with Crippen molar-refractivity contribution in [1.82, 2.24) is 5.32 Å². The van der Waals surface area contributed by atoms with Crippen LogP contribution >= 0.6 is 0 Å². The van der Waals surface area contributed by atoms with E-state index in [2.05, 4.69) is 5.32 Å². The Bertz CT molecular complexity index is 724. The van der Waals surface area contributed by atoms with Crippen molar-refractivity contribution in [2.24, 2.45) is 5.92 Å². The maximum atomic E-state index is 12.3. The van der Waals surface area contributed by atoms with Crippen molar-refractivity contribution < 1.29 is 39.3 Å². The smallest absolute Gasteiger partial charge is 0.326 e. The van der Waals surface area contributed by atoms with Crippen LogP contribution in [0.4, 0.5) is 0 Å². The van der Waals surface area contributed by atoms with E-state index in [1.165, 1.54) is 57.8 Å². The highest BCUT2D eigenvalue weighted by Crippen LogP contribution is 2.17. The highest BCUT2D eigenvalue weighted by molar-refractivity contribution is 5.85. The fourth-order valence-corrected chi connectivity index (χ4v) is 4.88. The molecular weight excluding hydrogens is 514 g/mol. The Balaban J connectivity index is 3.71. The van der Waals surface area contributed by atoms with Gasteiger partial charge in [0.05, 0.1) is 5.92 Å². The molecule has 0 aromatic heterocycles. The van der Waals surface area contributed by atoms with Crippen molar-refractivity contribution in [3.05, 3.63) is 0 Å². The molecule has 9 nitrogen and oxygen atoms in total. The van der Waals surface area contributed by atoms with E-state index >= 15 is 0 Å². The van der Waals surface area contributed by atoms with Gasteiger partial charge in [-0.1, -0.05) is 103 Å². The number of rotatable bonds is 29. The summed E-state index contributed by atoms with van der Waals surface area (Å²) in [7, 11) is 0. The standard InChI is InChI=1S/C31H55NO8/c1-2-19-27(31(39)40)32-28(34)23-22-25(30(37)38)24-26(33)20-17-15-13-11-9-7-5-3-4-6-8-10-12-14-16-18-21-29(35)36/h25,27H,2-24H2,1H3,(H,32,34)(H,35,36)(H,37,38)(H,39,40)/t25-,27+/m1/s1. The van der Waals surface area contributed by atoms with Crippen LogP contribution in [-0.2, 0) is 24.0 Å². The summed E-state index contributed by atoms with van der Waals surface area (Å²) in [5, 5.41) is 29.6. The normalized spacial score (nSPS) is 12.5. The number of amides is 1. The summed E-state index contributed by atoms with van der Waals surface area (Å²) >= 11 is 0. The summed E-state index contributed by atoms with van der Waals surface area (Å²) in [6, 6.07) is -0.974. The van der Waals surface area contributed by atoms with E-state index in [0.717, 1.165) is 44.9 Å². The first-order valence-corrected chi connectivity index (χ1v) is 15.7. The maximum Gasteiger partial charge on any atom is 0.326 e. The van der Waals surface area contributed by atoms with E-state index in [1.807, 2.05) is 6.92 Å². The monoisotopic (exact) mass is 569 g/mol. The third-order valence-corrected chi connectivity index (χ3v) is 7.35. The second-order valence-electron chi connectivity index (χ2n) is 11.1. The molecule has 0 aromatic carbocycles. The van der Waals surface area contributed by atoms with E-state index in [4.69, 9.17) is 10.2 Å². The molecule has 9 heteroatoms. The van der Waals surface area contributed by atoms with Crippen LogP contribution in [0, 0.1) is 5.92 Å². The van der Waals surface area contributed by atoms with Crippen molar-refractivity contribution in [3.8, 4) is 0 Å². The van der Waals surface area contributed by atoms with Gasteiger partial charge in [-0.05, 0) is 25.7 Å². The van der Waals surface area contributed by atoms with Crippen LogP contribution in [0.3, 0.4) is 0 Å². The summed E-state index contributed by atoms with van der Waals surface area (Å²) in [5.74, 6) is -4.44. The molecule has 40 heavy (non-hydrogen) atoms. The number of nitrogens with one attached hydrogen (secondary N) is 1. The van der Waals surface area contributed by atoms with Gasteiger partial charge in [0, 0.05) is 25.7 Å². The van der Waals surface area contributed by atoms with Crippen molar-refractivity contribution in [2.45, 2.75) is 161 Å². The largest absolute Gasteiger partial charge is 0.481 e. The highest BCUT2D eigenvalue weighted by atomic mass is 16.4. The molecule has 1 amide bonds. The Labute approximate surface area is 240 Å². The van der Waals surface area contributed by atoms with Crippen molar-refractivity contribution >= 4 is 29.6 Å². The summed E-state index contributed by atoms with van der Waals surface area (Å²) in [6.45, 7) is 1.82. The van der Waals surface area contributed by atoms with Crippen LogP contribution in [0.25, 0.3) is 0 Å². The first kappa shape index (κ1) is 37.6. The molecule has 232 valence electrons. The van der Waals surface area contributed by atoms with Crippen LogP contribution in [0.5, 0.6) is 0 Å². The molecule has 0 aliphatic heterocycles. The van der Waals surface area contributed by atoms with Gasteiger partial charge < -0.3 is 20.6 Å². The lowest BCUT2D eigenvalue weighted by Crippen LogP contribution is -2.40. The zero-order valence-corrected chi connectivity index (χ0v) is 24.8. The average Bonchev–Trinajstić information content (AvgIpc) is 2.89. The lowest BCUT2D eigenvalue weighted by molar-refractivity contribution is -0.145. The number of hydrogen-bond acceptors (Lipinski definition) is 5. The van der Waals surface area contributed by atoms with Crippen molar-refractivity contribution in [1.29, 1.82) is 0 Å². The topological polar surface area (TPSA) is 158 Å². The van der Waals surface area contributed by atoms with E-state index in [1.54, 1.807) is 0 Å². The minimum atomic E-state index is -1.11. The van der Waals surface area contributed by atoms with Crippen molar-refractivity contribution in [2.75, 3.05) is 0 Å². The van der Waals surface area contributed by atoms with Crippen LogP contribution in [0.2, 0.25) is 0 Å². The van der Waals surface area contributed by atoms with Crippen LogP contribution in [0.15, 0.2) is 0 Å². The van der Waals surface area contributed by atoms with Gasteiger partial charge in [0.15, 0.2) is 0 Å². The molecule has 0 aliphatic carbocycles.